The molecule has 2 saturated carbocycles. The third kappa shape index (κ3) is 5.77. The molecule has 2 aliphatic rings. The summed E-state index contributed by atoms with van der Waals surface area (Å²) in [6.45, 7) is 2.29. The number of hydrogen-bond donors (Lipinski definition) is 3. The monoisotopic (exact) mass is 471 g/mol. The molecule has 184 valence electrons. The molecule has 3 aromatic rings. The molecule has 3 N–H and O–H groups in total. The molecule has 0 atom stereocenters. The number of fused-ring (bicyclic) bond motifs is 1. The lowest BCUT2D eigenvalue weighted by Crippen LogP contribution is -2.37. The van der Waals surface area contributed by atoms with Gasteiger partial charge in [0, 0.05) is 39.8 Å². The smallest absolute Gasteiger partial charge is 0.251 e. The highest BCUT2D eigenvalue weighted by Gasteiger charge is 2.21. The number of rotatable bonds is 5. The van der Waals surface area contributed by atoms with Crippen LogP contribution in [0, 0.1) is 11.8 Å². The van der Waals surface area contributed by atoms with E-state index in [9.17, 15) is 9.59 Å². The van der Waals surface area contributed by atoms with Crippen molar-refractivity contribution in [2.24, 2.45) is 11.8 Å². The summed E-state index contributed by atoms with van der Waals surface area (Å²) in [4.78, 5) is 29.0. The van der Waals surface area contributed by atoms with Crippen LogP contribution in [0.3, 0.4) is 0 Å². The molecule has 2 fully saturated rings. The number of aromatic amines is 1. The fourth-order valence-corrected chi connectivity index (χ4v) is 5.62. The average Bonchev–Trinajstić information content (AvgIpc) is 3.10. The van der Waals surface area contributed by atoms with Gasteiger partial charge in [-0.1, -0.05) is 44.7 Å². The van der Waals surface area contributed by atoms with Crippen LogP contribution in [0.1, 0.15) is 81.5 Å². The van der Waals surface area contributed by atoms with Crippen LogP contribution in [0.4, 0.5) is 5.69 Å². The summed E-state index contributed by atoms with van der Waals surface area (Å²) < 4.78 is 0. The van der Waals surface area contributed by atoms with Crippen LogP contribution in [0.5, 0.6) is 0 Å². The third-order valence-electron chi connectivity index (χ3n) is 7.92. The van der Waals surface area contributed by atoms with Gasteiger partial charge in [0.05, 0.1) is 0 Å². The molecule has 5 heteroatoms. The largest absolute Gasteiger partial charge is 0.355 e. The Labute approximate surface area is 208 Å². The van der Waals surface area contributed by atoms with Gasteiger partial charge in [-0.25, -0.2) is 0 Å². The minimum absolute atomic E-state index is 0.0166. The SMILES string of the molecule is CC1CCC(NC(=O)c2ccc3[nH]c(-c4ccc(NC(=O)C5CCCCCC5)cc4)cc3c2)CC1. The first-order valence-electron chi connectivity index (χ1n) is 13.4. The van der Waals surface area contributed by atoms with E-state index >= 15 is 0 Å². The second-order valence-electron chi connectivity index (χ2n) is 10.7. The highest BCUT2D eigenvalue weighted by atomic mass is 16.2. The van der Waals surface area contributed by atoms with Crippen LogP contribution in [-0.2, 0) is 4.79 Å². The normalized spacial score (nSPS) is 21.4. The summed E-state index contributed by atoms with van der Waals surface area (Å²) in [6, 6.07) is 16.2. The maximum Gasteiger partial charge on any atom is 0.251 e. The minimum atomic E-state index is 0.0166. The van der Waals surface area contributed by atoms with E-state index in [1.807, 2.05) is 42.5 Å². The Bertz CT molecular complexity index is 1160. The highest BCUT2D eigenvalue weighted by Crippen LogP contribution is 2.28. The third-order valence-corrected chi connectivity index (χ3v) is 7.92. The number of carbonyl (C=O) groups excluding carboxylic acids is 2. The molecule has 1 aromatic heterocycles. The minimum Gasteiger partial charge on any atom is -0.355 e. The zero-order valence-electron chi connectivity index (χ0n) is 20.7. The van der Waals surface area contributed by atoms with Crippen molar-refractivity contribution in [1.82, 2.24) is 10.3 Å². The van der Waals surface area contributed by atoms with Crippen LogP contribution in [-0.4, -0.2) is 22.8 Å². The summed E-state index contributed by atoms with van der Waals surface area (Å²) in [5, 5.41) is 7.35. The second kappa shape index (κ2) is 10.7. The van der Waals surface area contributed by atoms with Gasteiger partial charge >= 0.3 is 0 Å². The Balaban J connectivity index is 1.24. The van der Waals surface area contributed by atoms with Gasteiger partial charge in [0.15, 0.2) is 0 Å². The summed E-state index contributed by atoms with van der Waals surface area (Å²) in [5.41, 5.74) is 4.61. The van der Waals surface area contributed by atoms with Crippen molar-refractivity contribution in [3.8, 4) is 11.3 Å². The molecule has 1 heterocycles. The van der Waals surface area contributed by atoms with Gasteiger partial charge in [-0.15, -0.1) is 0 Å². The fourth-order valence-electron chi connectivity index (χ4n) is 5.62. The zero-order chi connectivity index (χ0) is 24.2. The molecule has 5 nitrogen and oxygen atoms in total. The maximum atomic E-state index is 12.8. The average molecular weight is 472 g/mol. The molecule has 0 saturated heterocycles. The molecule has 0 radical (unpaired) electrons. The van der Waals surface area contributed by atoms with Crippen molar-refractivity contribution in [1.29, 1.82) is 0 Å². The molecule has 0 spiro atoms. The summed E-state index contributed by atoms with van der Waals surface area (Å²) in [7, 11) is 0. The molecular weight excluding hydrogens is 434 g/mol. The van der Waals surface area contributed by atoms with Gasteiger partial charge in [-0.2, -0.15) is 0 Å². The molecule has 5 rings (SSSR count). The maximum absolute atomic E-state index is 12.8. The first kappa shape index (κ1) is 23.7. The Morgan fingerprint density at radius 1 is 0.829 bits per heavy atom. The Morgan fingerprint density at radius 2 is 1.54 bits per heavy atom. The molecule has 0 unspecified atom stereocenters. The summed E-state index contributed by atoms with van der Waals surface area (Å²) in [5.74, 6) is 1.07. The van der Waals surface area contributed by atoms with Gasteiger partial charge < -0.3 is 15.6 Å². The van der Waals surface area contributed by atoms with Crippen molar-refractivity contribution < 1.29 is 9.59 Å². The van der Waals surface area contributed by atoms with E-state index in [1.165, 1.54) is 25.7 Å². The Kier molecular flexibility index (Phi) is 7.21. The fraction of sp³-hybridized carbons (Fsp3) is 0.467. The van der Waals surface area contributed by atoms with Crippen molar-refractivity contribution >= 4 is 28.4 Å². The molecule has 2 aromatic carbocycles. The first-order valence-corrected chi connectivity index (χ1v) is 13.4. The van der Waals surface area contributed by atoms with E-state index in [-0.39, 0.29) is 23.8 Å². The van der Waals surface area contributed by atoms with Gasteiger partial charge in [-0.05, 0) is 86.4 Å². The zero-order valence-corrected chi connectivity index (χ0v) is 20.7. The number of carbonyl (C=O) groups is 2. The predicted octanol–water partition coefficient (Wildman–Crippen LogP) is 7.05. The standard InChI is InChI=1S/C30H37N3O2/c1-20-8-13-25(14-9-20)32-30(35)23-12-17-27-24(18-23)19-28(33-27)21-10-15-26(16-11-21)31-29(34)22-6-4-2-3-5-7-22/h10-12,15-20,22,25,33H,2-9,13-14H2,1H3,(H,31,34)(H,32,35). The van der Waals surface area contributed by atoms with Gasteiger partial charge in [0.1, 0.15) is 0 Å². The van der Waals surface area contributed by atoms with Crippen molar-refractivity contribution in [2.45, 2.75) is 77.2 Å². The predicted molar refractivity (Wildman–Crippen MR) is 142 cm³/mol. The number of anilines is 1. The quantitative estimate of drug-likeness (QED) is 0.349. The lowest BCUT2D eigenvalue weighted by atomic mass is 9.87. The van der Waals surface area contributed by atoms with E-state index in [0.29, 0.717) is 5.56 Å². The van der Waals surface area contributed by atoms with Crippen LogP contribution < -0.4 is 10.6 Å². The van der Waals surface area contributed by atoms with Crippen LogP contribution >= 0.6 is 0 Å². The van der Waals surface area contributed by atoms with E-state index in [0.717, 1.165) is 72.3 Å². The lowest BCUT2D eigenvalue weighted by Gasteiger charge is -2.26. The van der Waals surface area contributed by atoms with Crippen molar-refractivity contribution in [2.75, 3.05) is 5.32 Å². The van der Waals surface area contributed by atoms with E-state index < -0.39 is 0 Å². The number of amides is 2. The second-order valence-corrected chi connectivity index (χ2v) is 10.7. The van der Waals surface area contributed by atoms with Crippen molar-refractivity contribution in [3.05, 3.63) is 54.1 Å². The van der Waals surface area contributed by atoms with Gasteiger partial charge in [0.2, 0.25) is 5.91 Å². The number of aromatic nitrogens is 1. The number of benzene rings is 2. The van der Waals surface area contributed by atoms with Gasteiger partial charge in [-0.3, -0.25) is 9.59 Å². The topological polar surface area (TPSA) is 74.0 Å². The molecule has 0 bridgehead atoms. The number of hydrogen-bond acceptors (Lipinski definition) is 2. The Hall–Kier alpha value is -3.08. The molecular formula is C30H37N3O2. The van der Waals surface area contributed by atoms with Crippen LogP contribution in [0.2, 0.25) is 0 Å². The van der Waals surface area contributed by atoms with E-state index in [1.54, 1.807) is 0 Å². The molecule has 2 amide bonds. The highest BCUT2D eigenvalue weighted by molar-refractivity contribution is 5.99. The van der Waals surface area contributed by atoms with Gasteiger partial charge in [0.25, 0.3) is 5.91 Å². The number of H-pyrrole nitrogens is 1. The van der Waals surface area contributed by atoms with E-state index in [2.05, 4.69) is 28.6 Å². The van der Waals surface area contributed by atoms with Crippen molar-refractivity contribution in [3.63, 3.8) is 0 Å². The molecule has 2 aliphatic carbocycles. The Morgan fingerprint density at radius 3 is 2.26 bits per heavy atom. The summed E-state index contributed by atoms with van der Waals surface area (Å²) >= 11 is 0. The van der Waals surface area contributed by atoms with E-state index in [4.69, 9.17) is 0 Å². The van der Waals surface area contributed by atoms with Crippen LogP contribution in [0.15, 0.2) is 48.5 Å². The summed E-state index contributed by atoms with van der Waals surface area (Å²) in [6.07, 6.45) is 11.3. The molecule has 0 aliphatic heterocycles. The van der Waals surface area contributed by atoms with Crippen LogP contribution in [0.25, 0.3) is 22.2 Å². The number of nitrogens with one attached hydrogen (secondary N) is 3. The molecule has 35 heavy (non-hydrogen) atoms. The first-order chi connectivity index (χ1) is 17.0. The lowest BCUT2D eigenvalue weighted by molar-refractivity contribution is -0.120.